The SMILES string of the molecule is CCOc1cc(C=CC(=O)NCC(c2ccco2)N(C)C)ccc1OC(F)F. The minimum absolute atomic E-state index is 0.0503. The van der Waals surface area contributed by atoms with Gasteiger partial charge in [-0.3, -0.25) is 9.69 Å². The van der Waals surface area contributed by atoms with E-state index in [0.717, 1.165) is 5.76 Å². The summed E-state index contributed by atoms with van der Waals surface area (Å²) in [6.45, 7) is -0.534. The van der Waals surface area contributed by atoms with Crippen LogP contribution in [0.3, 0.4) is 0 Å². The van der Waals surface area contributed by atoms with Crippen LogP contribution in [0.25, 0.3) is 6.08 Å². The molecule has 0 radical (unpaired) electrons. The molecule has 152 valence electrons. The van der Waals surface area contributed by atoms with Gasteiger partial charge in [-0.1, -0.05) is 6.07 Å². The van der Waals surface area contributed by atoms with Gasteiger partial charge in [0.2, 0.25) is 5.91 Å². The lowest BCUT2D eigenvalue weighted by atomic mass is 10.1. The van der Waals surface area contributed by atoms with E-state index in [1.165, 1.54) is 18.2 Å². The van der Waals surface area contributed by atoms with Crippen LogP contribution in [-0.4, -0.2) is 44.7 Å². The first-order valence-electron chi connectivity index (χ1n) is 8.78. The molecule has 1 aromatic heterocycles. The van der Waals surface area contributed by atoms with Gasteiger partial charge in [0.15, 0.2) is 11.5 Å². The Morgan fingerprint density at radius 2 is 2.07 bits per heavy atom. The molecule has 0 aliphatic heterocycles. The summed E-state index contributed by atoms with van der Waals surface area (Å²) in [7, 11) is 3.79. The van der Waals surface area contributed by atoms with Crippen LogP contribution in [0.5, 0.6) is 11.5 Å². The highest BCUT2D eigenvalue weighted by Crippen LogP contribution is 2.30. The maximum atomic E-state index is 12.4. The smallest absolute Gasteiger partial charge is 0.387 e. The van der Waals surface area contributed by atoms with Gasteiger partial charge in [-0.25, -0.2) is 0 Å². The molecule has 0 saturated carbocycles. The lowest BCUT2D eigenvalue weighted by Crippen LogP contribution is -2.33. The maximum Gasteiger partial charge on any atom is 0.387 e. The van der Waals surface area contributed by atoms with Crippen molar-refractivity contribution in [3.8, 4) is 11.5 Å². The van der Waals surface area contributed by atoms with E-state index in [0.29, 0.717) is 18.7 Å². The van der Waals surface area contributed by atoms with Crippen LogP contribution in [-0.2, 0) is 4.79 Å². The number of nitrogens with one attached hydrogen (secondary N) is 1. The number of rotatable bonds is 10. The molecule has 2 aromatic rings. The first kappa shape index (κ1) is 21.4. The van der Waals surface area contributed by atoms with Gasteiger partial charge < -0.3 is 19.2 Å². The summed E-state index contributed by atoms with van der Waals surface area (Å²) in [5.74, 6) is 0.608. The standard InChI is InChI=1S/C20H24F2N2O4/c1-4-26-18-12-14(7-9-17(18)28-20(21)22)8-10-19(25)23-13-15(24(2)3)16-6-5-11-27-16/h5-12,15,20H,4,13H2,1-3H3,(H,23,25). The summed E-state index contributed by atoms with van der Waals surface area (Å²) >= 11 is 0. The van der Waals surface area contributed by atoms with E-state index in [1.807, 2.05) is 25.1 Å². The average molecular weight is 394 g/mol. The fraction of sp³-hybridized carbons (Fsp3) is 0.350. The summed E-state index contributed by atoms with van der Waals surface area (Å²) in [6, 6.07) is 8.04. The Morgan fingerprint density at radius 1 is 1.29 bits per heavy atom. The number of amides is 1. The number of nitrogens with zero attached hydrogens (tertiary/aromatic N) is 1. The van der Waals surface area contributed by atoms with Gasteiger partial charge in [-0.2, -0.15) is 8.78 Å². The van der Waals surface area contributed by atoms with Crippen molar-refractivity contribution in [3.63, 3.8) is 0 Å². The number of alkyl halides is 2. The van der Waals surface area contributed by atoms with Crippen LogP contribution >= 0.6 is 0 Å². The summed E-state index contributed by atoms with van der Waals surface area (Å²) in [5.41, 5.74) is 0.621. The lowest BCUT2D eigenvalue weighted by molar-refractivity contribution is -0.116. The molecule has 1 unspecified atom stereocenters. The molecular formula is C20H24F2N2O4. The summed E-state index contributed by atoms with van der Waals surface area (Å²) in [5, 5.41) is 2.82. The second-order valence-electron chi connectivity index (χ2n) is 6.09. The molecule has 1 aromatic carbocycles. The zero-order chi connectivity index (χ0) is 20.5. The molecule has 0 spiro atoms. The number of benzene rings is 1. The molecule has 2 rings (SSSR count). The topological polar surface area (TPSA) is 63.9 Å². The van der Waals surface area contributed by atoms with Crippen LogP contribution in [0.4, 0.5) is 8.78 Å². The highest BCUT2D eigenvalue weighted by atomic mass is 19.3. The summed E-state index contributed by atoms with van der Waals surface area (Å²) in [4.78, 5) is 14.1. The van der Waals surface area contributed by atoms with E-state index >= 15 is 0 Å². The van der Waals surface area contributed by atoms with E-state index in [1.54, 1.807) is 31.4 Å². The monoisotopic (exact) mass is 394 g/mol. The zero-order valence-electron chi connectivity index (χ0n) is 16.0. The van der Waals surface area contributed by atoms with Gasteiger partial charge in [0.05, 0.1) is 18.9 Å². The van der Waals surface area contributed by atoms with Crippen molar-refractivity contribution in [3.05, 3.63) is 54.0 Å². The van der Waals surface area contributed by atoms with Crippen molar-refractivity contribution in [2.45, 2.75) is 19.6 Å². The van der Waals surface area contributed by atoms with E-state index < -0.39 is 6.61 Å². The lowest BCUT2D eigenvalue weighted by Gasteiger charge is -2.22. The van der Waals surface area contributed by atoms with Gasteiger partial charge in [0.1, 0.15) is 5.76 Å². The molecule has 0 saturated heterocycles. The van der Waals surface area contributed by atoms with Crippen molar-refractivity contribution < 1.29 is 27.5 Å². The molecule has 8 heteroatoms. The molecular weight excluding hydrogens is 370 g/mol. The number of halogens is 2. The Bertz CT molecular complexity index is 777. The van der Waals surface area contributed by atoms with Crippen LogP contribution in [0.1, 0.15) is 24.3 Å². The van der Waals surface area contributed by atoms with Gasteiger partial charge in [0.25, 0.3) is 0 Å². The number of ether oxygens (including phenoxy) is 2. The van der Waals surface area contributed by atoms with Gasteiger partial charge in [0, 0.05) is 12.6 Å². The number of carbonyl (C=O) groups excluding carboxylic acids is 1. The normalized spacial score (nSPS) is 12.5. The number of carbonyl (C=O) groups is 1. The van der Waals surface area contributed by atoms with Crippen LogP contribution in [0.15, 0.2) is 47.1 Å². The highest BCUT2D eigenvalue weighted by molar-refractivity contribution is 5.91. The molecule has 0 aliphatic rings. The molecule has 6 nitrogen and oxygen atoms in total. The number of likely N-dealkylation sites (N-methyl/N-ethyl adjacent to an activating group) is 1. The molecule has 1 atom stereocenters. The van der Waals surface area contributed by atoms with Gasteiger partial charge in [-0.15, -0.1) is 0 Å². The van der Waals surface area contributed by atoms with E-state index in [4.69, 9.17) is 9.15 Å². The summed E-state index contributed by atoms with van der Waals surface area (Å²) in [6.07, 6.45) is 4.53. The molecule has 28 heavy (non-hydrogen) atoms. The molecule has 1 amide bonds. The number of furan rings is 1. The van der Waals surface area contributed by atoms with Gasteiger partial charge in [-0.05, 0) is 56.9 Å². The van der Waals surface area contributed by atoms with Crippen molar-refractivity contribution in [2.24, 2.45) is 0 Å². The fourth-order valence-corrected chi connectivity index (χ4v) is 2.54. The Morgan fingerprint density at radius 3 is 2.68 bits per heavy atom. The second kappa shape index (κ2) is 10.5. The predicted octanol–water partition coefficient (Wildman–Crippen LogP) is 3.71. The van der Waals surface area contributed by atoms with Crippen molar-refractivity contribution in [1.82, 2.24) is 10.2 Å². The van der Waals surface area contributed by atoms with Crippen molar-refractivity contribution in [1.29, 1.82) is 0 Å². The first-order valence-corrected chi connectivity index (χ1v) is 8.78. The van der Waals surface area contributed by atoms with Crippen LogP contribution in [0.2, 0.25) is 0 Å². The molecule has 1 heterocycles. The Kier molecular flexibility index (Phi) is 8.01. The predicted molar refractivity (Wildman–Crippen MR) is 101 cm³/mol. The molecule has 0 fully saturated rings. The van der Waals surface area contributed by atoms with E-state index in [9.17, 15) is 13.6 Å². The van der Waals surface area contributed by atoms with Crippen LogP contribution in [0, 0.1) is 0 Å². The first-order chi connectivity index (χ1) is 13.4. The fourth-order valence-electron chi connectivity index (χ4n) is 2.54. The highest BCUT2D eigenvalue weighted by Gasteiger charge is 2.17. The Hall–Kier alpha value is -2.87. The zero-order valence-corrected chi connectivity index (χ0v) is 16.0. The largest absolute Gasteiger partial charge is 0.490 e. The quantitative estimate of drug-likeness (QED) is 0.623. The minimum Gasteiger partial charge on any atom is -0.490 e. The minimum atomic E-state index is -2.94. The van der Waals surface area contributed by atoms with Crippen molar-refractivity contribution in [2.75, 3.05) is 27.2 Å². The number of hydrogen-bond acceptors (Lipinski definition) is 5. The Labute approximate surface area is 162 Å². The third-order valence-electron chi connectivity index (χ3n) is 3.88. The van der Waals surface area contributed by atoms with Gasteiger partial charge >= 0.3 is 6.61 Å². The third kappa shape index (κ3) is 6.38. The molecule has 0 bridgehead atoms. The Balaban J connectivity index is 2.00. The second-order valence-corrected chi connectivity index (χ2v) is 6.09. The summed E-state index contributed by atoms with van der Waals surface area (Å²) < 4.78 is 40.1. The molecule has 0 aliphatic carbocycles. The van der Waals surface area contributed by atoms with Crippen LogP contribution < -0.4 is 14.8 Å². The maximum absolute atomic E-state index is 12.4. The number of hydrogen-bond donors (Lipinski definition) is 1. The van der Waals surface area contributed by atoms with E-state index in [2.05, 4.69) is 10.1 Å². The third-order valence-corrected chi connectivity index (χ3v) is 3.88. The molecule has 1 N–H and O–H groups in total. The average Bonchev–Trinajstić information content (AvgIpc) is 3.16. The van der Waals surface area contributed by atoms with Crippen molar-refractivity contribution >= 4 is 12.0 Å². The van der Waals surface area contributed by atoms with E-state index in [-0.39, 0.29) is 23.4 Å².